The number of nitrogens with one attached hydrogen (secondary N) is 2. The van der Waals surface area contributed by atoms with Gasteiger partial charge in [-0.15, -0.1) is 0 Å². The highest BCUT2D eigenvalue weighted by Gasteiger charge is 2.55. The van der Waals surface area contributed by atoms with Gasteiger partial charge >= 0.3 is 0 Å². The summed E-state index contributed by atoms with van der Waals surface area (Å²) < 4.78 is 11.4. The van der Waals surface area contributed by atoms with Crippen molar-refractivity contribution in [3.05, 3.63) is 59.7 Å². The molecular formula is C35H48N4O6. The van der Waals surface area contributed by atoms with Crippen molar-refractivity contribution in [2.24, 2.45) is 5.92 Å². The van der Waals surface area contributed by atoms with E-state index in [9.17, 15) is 19.5 Å². The first-order valence-corrected chi connectivity index (χ1v) is 16.4. The topological polar surface area (TPSA) is 120 Å². The molecule has 3 N–H and O–H groups in total. The van der Waals surface area contributed by atoms with Crippen LogP contribution in [0.5, 0.6) is 11.5 Å². The average molecular weight is 621 g/mol. The third-order valence-electron chi connectivity index (χ3n) is 9.96. The number of nitrogens with zero attached hydrogens (tertiary/aromatic N) is 2. The molecule has 2 saturated heterocycles. The molecule has 2 heterocycles. The number of unbranched alkanes of at least 4 members (excludes halogenated alkanes) is 1. The maximum atomic E-state index is 13.9. The maximum absolute atomic E-state index is 13.9. The van der Waals surface area contributed by atoms with Gasteiger partial charge in [-0.3, -0.25) is 19.3 Å². The number of likely N-dealkylation sites (tertiary alicyclic amines) is 1. The van der Waals surface area contributed by atoms with Crippen LogP contribution in [-0.4, -0.2) is 90.2 Å². The summed E-state index contributed by atoms with van der Waals surface area (Å²) in [7, 11) is 3.32. The first kappa shape index (κ1) is 32.9. The lowest BCUT2D eigenvalue weighted by atomic mass is 9.77. The van der Waals surface area contributed by atoms with Crippen LogP contribution in [0.25, 0.3) is 0 Å². The van der Waals surface area contributed by atoms with Gasteiger partial charge in [-0.2, -0.15) is 0 Å². The first-order chi connectivity index (χ1) is 21.8. The second-order valence-corrected chi connectivity index (χ2v) is 12.7. The number of methoxy groups -OCH3 is 1. The Morgan fingerprint density at radius 1 is 1.02 bits per heavy atom. The highest BCUT2D eigenvalue weighted by molar-refractivity contribution is 6.00. The molecule has 3 fully saturated rings. The molecule has 2 aliphatic heterocycles. The van der Waals surface area contributed by atoms with Crippen molar-refractivity contribution in [1.82, 2.24) is 20.4 Å². The molecule has 0 radical (unpaired) electrons. The lowest BCUT2D eigenvalue weighted by Gasteiger charge is -2.52. The van der Waals surface area contributed by atoms with Gasteiger partial charge < -0.3 is 30.1 Å². The standard InChI is InChI=1S/C35H48N4O6/c1-4-5-20-39-33(42)30(31(40)25-8-14-27(44-3)15-9-25)37-34(43)35(39)18-21-38(22-19-35)23-24-6-12-28(13-7-24)45-29-16-10-26(11-17-29)32(41)36-2/h6-7,10-13,16-17,25,27,30-31,40H,4-5,8-9,14-15,18-23H2,1-3H3,(H,36,41)(H,37,43)/t25?,27?,30-,31-/m1/s1. The van der Waals surface area contributed by atoms with E-state index < -0.39 is 17.7 Å². The van der Waals surface area contributed by atoms with Crippen LogP contribution < -0.4 is 15.4 Å². The third kappa shape index (κ3) is 7.34. The molecule has 45 heavy (non-hydrogen) atoms. The molecule has 1 spiro atoms. The Morgan fingerprint density at radius 2 is 1.64 bits per heavy atom. The fourth-order valence-corrected chi connectivity index (χ4v) is 7.10. The molecule has 1 aliphatic carbocycles. The minimum atomic E-state index is -0.894. The number of hydrogen-bond acceptors (Lipinski definition) is 7. The van der Waals surface area contributed by atoms with Crippen molar-refractivity contribution in [2.75, 3.05) is 33.8 Å². The fourth-order valence-electron chi connectivity index (χ4n) is 7.10. The summed E-state index contributed by atoms with van der Waals surface area (Å²) in [5, 5.41) is 16.9. The Hall–Kier alpha value is -3.47. The zero-order chi connectivity index (χ0) is 32.0. The van der Waals surface area contributed by atoms with Crippen molar-refractivity contribution in [1.29, 1.82) is 0 Å². The Morgan fingerprint density at radius 3 is 2.22 bits per heavy atom. The number of amides is 3. The van der Waals surface area contributed by atoms with Crippen molar-refractivity contribution in [3.8, 4) is 11.5 Å². The summed E-state index contributed by atoms with van der Waals surface area (Å²) in [4.78, 5) is 43.7. The van der Waals surface area contributed by atoms with Gasteiger partial charge in [-0.1, -0.05) is 25.5 Å². The molecule has 2 atom stereocenters. The number of hydrogen-bond donors (Lipinski definition) is 3. The molecule has 0 aromatic heterocycles. The molecule has 10 heteroatoms. The number of aliphatic hydroxyl groups is 1. The SMILES string of the molecule is CCCCN1C(=O)[C@@H]([C@H](O)C2CCC(OC)CC2)NC(=O)C12CCN(Cc1ccc(Oc3ccc(C(=O)NC)cc3)cc1)CC2. The van der Waals surface area contributed by atoms with Crippen molar-refractivity contribution in [3.63, 3.8) is 0 Å². The third-order valence-corrected chi connectivity index (χ3v) is 9.96. The van der Waals surface area contributed by atoms with E-state index in [1.807, 2.05) is 29.2 Å². The zero-order valence-corrected chi connectivity index (χ0v) is 26.8. The highest BCUT2D eigenvalue weighted by atomic mass is 16.5. The lowest BCUT2D eigenvalue weighted by molar-refractivity contribution is -0.166. The fraction of sp³-hybridized carbons (Fsp3) is 0.571. The van der Waals surface area contributed by atoms with Crippen LogP contribution >= 0.6 is 0 Å². The van der Waals surface area contributed by atoms with Crippen molar-refractivity contribution >= 4 is 17.7 Å². The van der Waals surface area contributed by atoms with Gasteiger partial charge in [0, 0.05) is 45.9 Å². The number of aliphatic hydroxyl groups excluding tert-OH is 1. The zero-order valence-electron chi connectivity index (χ0n) is 26.8. The number of benzene rings is 2. The molecule has 0 bridgehead atoms. The molecule has 10 nitrogen and oxygen atoms in total. The Bertz CT molecular complexity index is 1300. The summed E-state index contributed by atoms with van der Waals surface area (Å²) in [5.41, 5.74) is 0.828. The van der Waals surface area contributed by atoms with E-state index in [1.165, 1.54) is 0 Å². The monoisotopic (exact) mass is 620 g/mol. The van der Waals surface area contributed by atoms with E-state index in [-0.39, 0.29) is 29.7 Å². The van der Waals surface area contributed by atoms with Crippen LogP contribution in [0.1, 0.15) is 74.2 Å². The summed E-state index contributed by atoms with van der Waals surface area (Å²) in [6, 6.07) is 14.0. The minimum absolute atomic E-state index is 0.0269. The predicted molar refractivity (Wildman–Crippen MR) is 171 cm³/mol. The number of ether oxygens (including phenoxy) is 2. The van der Waals surface area contributed by atoms with E-state index in [0.717, 1.165) is 50.6 Å². The number of piperidine rings is 1. The van der Waals surface area contributed by atoms with Crippen LogP contribution in [0.2, 0.25) is 0 Å². The number of rotatable bonds is 11. The van der Waals surface area contributed by atoms with Gasteiger partial charge in [0.25, 0.3) is 5.91 Å². The van der Waals surface area contributed by atoms with E-state index in [2.05, 4.69) is 22.5 Å². The summed E-state index contributed by atoms with van der Waals surface area (Å²) in [6.07, 6.45) is 5.45. The van der Waals surface area contributed by atoms with Gasteiger partial charge in [0.2, 0.25) is 11.8 Å². The van der Waals surface area contributed by atoms with E-state index in [1.54, 1.807) is 38.4 Å². The second kappa shape index (κ2) is 14.7. The average Bonchev–Trinajstić information content (AvgIpc) is 3.08. The molecule has 244 valence electrons. The summed E-state index contributed by atoms with van der Waals surface area (Å²) in [6.45, 7) is 4.72. The Balaban J connectivity index is 1.18. The van der Waals surface area contributed by atoms with Gasteiger partial charge in [0.05, 0.1) is 12.2 Å². The van der Waals surface area contributed by atoms with Crippen molar-refractivity contribution < 1.29 is 29.0 Å². The number of carbonyl (C=O) groups is 3. The van der Waals surface area contributed by atoms with Gasteiger partial charge in [0.15, 0.2) is 0 Å². The van der Waals surface area contributed by atoms with E-state index >= 15 is 0 Å². The Kier molecular flexibility index (Phi) is 10.8. The number of piperazine rings is 1. The number of carbonyl (C=O) groups excluding carboxylic acids is 3. The lowest BCUT2D eigenvalue weighted by Crippen LogP contribution is -2.75. The van der Waals surface area contributed by atoms with Crippen LogP contribution in [0.4, 0.5) is 0 Å². The molecule has 2 aromatic rings. The summed E-state index contributed by atoms with van der Waals surface area (Å²) >= 11 is 0. The van der Waals surface area contributed by atoms with Gasteiger partial charge in [-0.25, -0.2) is 0 Å². The maximum Gasteiger partial charge on any atom is 0.251 e. The van der Waals surface area contributed by atoms with Gasteiger partial charge in [0.1, 0.15) is 23.1 Å². The molecular weight excluding hydrogens is 572 g/mol. The van der Waals surface area contributed by atoms with Crippen LogP contribution in [-0.2, 0) is 20.9 Å². The molecule has 1 saturated carbocycles. The first-order valence-electron chi connectivity index (χ1n) is 16.4. The normalized spacial score (nSPS) is 24.3. The van der Waals surface area contributed by atoms with Crippen LogP contribution in [0, 0.1) is 5.92 Å². The molecule has 3 aliphatic rings. The summed E-state index contributed by atoms with van der Waals surface area (Å²) in [5.74, 6) is 0.919. The van der Waals surface area contributed by atoms with Crippen LogP contribution in [0.15, 0.2) is 48.5 Å². The highest BCUT2D eigenvalue weighted by Crippen LogP contribution is 2.37. The molecule has 2 aromatic carbocycles. The van der Waals surface area contributed by atoms with E-state index in [4.69, 9.17) is 9.47 Å². The quantitative estimate of drug-likeness (QED) is 0.349. The van der Waals surface area contributed by atoms with Crippen molar-refractivity contribution in [2.45, 2.75) is 88.6 Å². The molecule has 3 amide bonds. The van der Waals surface area contributed by atoms with E-state index in [0.29, 0.717) is 49.5 Å². The second-order valence-electron chi connectivity index (χ2n) is 12.7. The smallest absolute Gasteiger partial charge is 0.251 e. The van der Waals surface area contributed by atoms with Crippen LogP contribution in [0.3, 0.4) is 0 Å². The molecule has 0 unspecified atom stereocenters. The van der Waals surface area contributed by atoms with Gasteiger partial charge in [-0.05, 0) is 92.8 Å². The largest absolute Gasteiger partial charge is 0.457 e. The molecule has 5 rings (SSSR count). The Labute approximate surface area is 266 Å². The minimum Gasteiger partial charge on any atom is -0.457 e. The predicted octanol–water partition coefficient (Wildman–Crippen LogP) is 3.87.